The second-order valence-electron chi connectivity index (χ2n) is 18.6. The number of allylic oxidation sites excluding steroid dienone is 4. The third-order valence-electron chi connectivity index (χ3n) is 14.6. The average molecular weight is 963 g/mol. The predicted octanol–water partition coefficient (Wildman–Crippen LogP) is 14.5. The van der Waals surface area contributed by atoms with Gasteiger partial charge in [0, 0.05) is 44.1 Å². The molecule has 2 N–H and O–H groups in total. The van der Waals surface area contributed by atoms with E-state index >= 15 is 0 Å². The summed E-state index contributed by atoms with van der Waals surface area (Å²) in [6.45, 7) is 20.9. The van der Waals surface area contributed by atoms with Gasteiger partial charge < -0.3 is 38.4 Å². The van der Waals surface area contributed by atoms with Gasteiger partial charge in [-0.05, 0) is 134 Å². The van der Waals surface area contributed by atoms with Crippen LogP contribution in [0.5, 0.6) is 23.0 Å². The maximum atomic E-state index is 6.70. The van der Waals surface area contributed by atoms with E-state index in [0.29, 0.717) is 52.9 Å². The first-order chi connectivity index (χ1) is 35.2. The molecule has 0 radical (unpaired) electrons. The molecule has 0 spiro atoms. The van der Waals surface area contributed by atoms with Crippen molar-refractivity contribution < 1.29 is 28.4 Å². The van der Waals surface area contributed by atoms with Crippen molar-refractivity contribution in [2.45, 2.75) is 81.1 Å². The summed E-state index contributed by atoms with van der Waals surface area (Å²) in [6.07, 6.45) is 3.28. The van der Waals surface area contributed by atoms with Crippen LogP contribution in [-0.2, 0) is 22.3 Å². The van der Waals surface area contributed by atoms with Crippen molar-refractivity contribution in [3.05, 3.63) is 142 Å². The molecule has 4 aromatic carbocycles. The summed E-state index contributed by atoms with van der Waals surface area (Å²) in [5.41, 5.74) is 21.3. The smallest absolute Gasteiger partial charge is 0.127 e. The first kappa shape index (κ1) is 48.5. The van der Waals surface area contributed by atoms with Crippen LogP contribution in [0.3, 0.4) is 0 Å². The van der Waals surface area contributed by atoms with Crippen LogP contribution in [-0.4, -0.2) is 72.8 Å². The van der Waals surface area contributed by atoms with E-state index in [-0.39, 0.29) is 0 Å². The summed E-state index contributed by atoms with van der Waals surface area (Å²) >= 11 is 0. The SMILES string of the molecule is CCC1=C(C)c2nc1cc1[nH]c(c(C)c1CC)c1c3[nH]c(cc4nc(c2-c2ccccc2OCCOCCOc2cccc5c(cccc25)OCCOCCOc2ccccc2-1)C(C)=C4CC)c(CC)c3C. The Labute approximate surface area is 423 Å². The number of H-pyrrole nitrogens is 2. The van der Waals surface area contributed by atoms with Gasteiger partial charge in [-0.25, -0.2) is 9.97 Å². The number of rotatable bonds is 4. The number of hydrogen-bond donors (Lipinski definition) is 2. The summed E-state index contributed by atoms with van der Waals surface area (Å²) in [6, 6.07) is 33.3. The highest BCUT2D eigenvalue weighted by Crippen LogP contribution is 2.47. The standard InChI is InChI=1S/C62H66N4O6/c1-9-41-37(5)59-57-47-19-13-15-23-55(47)71-33-29-67-27-31-69-53-25-17-22-46-45(53)21-18-26-54(46)70-32-28-68-30-34-72-56-24-16-14-20-48(56)58(61-38(6)42(10-2)50(64-61)35-49(41)63-59)62-40(8)44(12-4)52(66-62)36-51-43(11-3)39(7)60(57)65-51/h13-26,35-36,63,65H,9-12,27-34H2,1-8H3. The van der Waals surface area contributed by atoms with Gasteiger partial charge in [-0.1, -0.05) is 88.4 Å². The molecule has 7 aromatic rings. The lowest BCUT2D eigenvalue weighted by molar-refractivity contribution is 0.0766. The van der Waals surface area contributed by atoms with E-state index in [4.69, 9.17) is 38.4 Å². The molecule has 3 aromatic heterocycles. The number of hydrogen-bond acceptors (Lipinski definition) is 8. The summed E-state index contributed by atoms with van der Waals surface area (Å²) in [7, 11) is 0. The van der Waals surface area contributed by atoms with Crippen LogP contribution >= 0.6 is 0 Å². The first-order valence-electron chi connectivity index (χ1n) is 25.8. The van der Waals surface area contributed by atoms with Crippen LogP contribution in [0.1, 0.15) is 99.4 Å². The number of nitrogens with zero attached hydrogens (tertiary/aromatic N) is 2. The van der Waals surface area contributed by atoms with Gasteiger partial charge in [0.25, 0.3) is 0 Å². The number of aromatic nitrogens is 4. The second-order valence-corrected chi connectivity index (χ2v) is 18.6. The molecular formula is C62H66N4O6. The van der Waals surface area contributed by atoms with Crippen molar-refractivity contribution in [2.24, 2.45) is 0 Å². The highest BCUT2D eigenvalue weighted by atomic mass is 16.6. The minimum atomic E-state index is 0.348. The molecule has 0 atom stereocenters. The minimum Gasteiger partial charge on any atom is -0.491 e. The van der Waals surface area contributed by atoms with Crippen LogP contribution in [0.25, 0.3) is 77.4 Å². The van der Waals surface area contributed by atoms with E-state index in [9.17, 15) is 0 Å². The number of para-hydroxylation sites is 2. The number of benzene rings is 4. The van der Waals surface area contributed by atoms with Gasteiger partial charge >= 0.3 is 0 Å². The van der Waals surface area contributed by atoms with Gasteiger partial charge in [-0.15, -0.1) is 0 Å². The Morgan fingerprint density at radius 3 is 1.24 bits per heavy atom. The molecule has 0 amide bonds. The van der Waals surface area contributed by atoms with Gasteiger partial charge in [0.2, 0.25) is 0 Å². The Balaban J connectivity index is 1.21. The Bertz CT molecular complexity index is 3310. The summed E-state index contributed by atoms with van der Waals surface area (Å²) in [4.78, 5) is 19.3. The fourth-order valence-corrected chi connectivity index (χ4v) is 11.0. The van der Waals surface area contributed by atoms with Crippen molar-refractivity contribution in [1.29, 1.82) is 0 Å². The van der Waals surface area contributed by atoms with Crippen molar-refractivity contribution >= 4 is 55.1 Å². The largest absolute Gasteiger partial charge is 0.491 e. The van der Waals surface area contributed by atoms with Crippen LogP contribution in [0.2, 0.25) is 0 Å². The van der Waals surface area contributed by atoms with Crippen molar-refractivity contribution in [3.8, 4) is 45.3 Å². The lowest BCUT2D eigenvalue weighted by Gasteiger charge is -2.15. The molecule has 11 rings (SSSR count). The lowest BCUT2D eigenvalue weighted by atomic mass is 9.93. The molecule has 0 fully saturated rings. The molecule has 0 unspecified atom stereocenters. The maximum Gasteiger partial charge on any atom is 0.127 e. The Morgan fingerprint density at radius 1 is 0.431 bits per heavy atom. The Hall–Kier alpha value is -7.14. The van der Waals surface area contributed by atoms with Crippen LogP contribution in [0, 0.1) is 13.8 Å². The second kappa shape index (κ2) is 21.3. The highest BCUT2D eigenvalue weighted by Gasteiger charge is 2.28. The minimum absolute atomic E-state index is 0.348. The number of ether oxygens (including phenoxy) is 6. The summed E-state index contributed by atoms with van der Waals surface area (Å²) in [5.74, 6) is 3.07. The van der Waals surface area contributed by atoms with E-state index in [2.05, 4.69) is 120 Å². The molecule has 0 aliphatic carbocycles. The molecule has 4 aliphatic heterocycles. The van der Waals surface area contributed by atoms with Gasteiger partial charge in [0.05, 0.1) is 60.2 Å². The molecule has 370 valence electrons. The molecule has 7 heterocycles. The number of fused-ring (bicyclic) bond motifs is 12. The number of aryl methyl sites for hydroxylation is 4. The quantitative estimate of drug-likeness (QED) is 0.168. The topological polar surface area (TPSA) is 113 Å². The van der Waals surface area contributed by atoms with Crippen molar-refractivity contribution in [3.63, 3.8) is 0 Å². The molecule has 10 nitrogen and oxygen atoms in total. The van der Waals surface area contributed by atoms with Gasteiger partial charge in [-0.3, -0.25) is 0 Å². The molecule has 0 saturated carbocycles. The zero-order valence-corrected chi connectivity index (χ0v) is 43.1. The predicted molar refractivity (Wildman–Crippen MR) is 293 cm³/mol. The third-order valence-corrected chi connectivity index (χ3v) is 14.6. The zero-order valence-electron chi connectivity index (χ0n) is 43.1. The van der Waals surface area contributed by atoms with Gasteiger partial charge in [0.15, 0.2) is 0 Å². The summed E-state index contributed by atoms with van der Waals surface area (Å²) < 4.78 is 38.2. The van der Waals surface area contributed by atoms with E-state index in [0.717, 1.165) is 138 Å². The molecule has 72 heavy (non-hydrogen) atoms. The van der Waals surface area contributed by atoms with Gasteiger partial charge in [0.1, 0.15) is 49.4 Å². The summed E-state index contributed by atoms with van der Waals surface area (Å²) in [5, 5.41) is 1.95. The average Bonchev–Trinajstić information content (AvgIpc) is 4.09. The van der Waals surface area contributed by atoms with E-state index in [1.54, 1.807) is 0 Å². The molecule has 0 saturated heterocycles. The van der Waals surface area contributed by atoms with Crippen molar-refractivity contribution in [2.75, 3.05) is 52.9 Å². The number of aromatic amines is 2. The lowest BCUT2D eigenvalue weighted by Crippen LogP contribution is -2.13. The van der Waals surface area contributed by atoms with Crippen LogP contribution in [0.4, 0.5) is 0 Å². The van der Waals surface area contributed by atoms with Crippen LogP contribution in [0.15, 0.2) is 97.1 Å². The fourth-order valence-electron chi connectivity index (χ4n) is 11.0. The maximum absolute atomic E-state index is 6.70. The zero-order chi connectivity index (χ0) is 49.9. The monoisotopic (exact) mass is 962 g/mol. The fraction of sp³-hybridized carbons (Fsp3) is 0.323. The Kier molecular flexibility index (Phi) is 14.3. The normalized spacial score (nSPS) is 14.9. The first-order valence-corrected chi connectivity index (χ1v) is 25.8. The molecule has 4 aliphatic rings. The van der Waals surface area contributed by atoms with E-state index in [1.165, 1.54) is 33.4 Å². The van der Waals surface area contributed by atoms with Crippen molar-refractivity contribution in [1.82, 2.24) is 19.9 Å². The molecule has 10 heteroatoms. The van der Waals surface area contributed by atoms with Gasteiger partial charge in [-0.2, -0.15) is 0 Å². The van der Waals surface area contributed by atoms with E-state index < -0.39 is 0 Å². The third kappa shape index (κ3) is 9.07. The number of nitrogens with one attached hydrogen (secondary N) is 2. The molecular weight excluding hydrogens is 897 g/mol. The molecule has 14 bridgehead atoms. The highest BCUT2D eigenvalue weighted by molar-refractivity contribution is 6.04. The van der Waals surface area contributed by atoms with E-state index in [1.807, 2.05) is 42.5 Å². The van der Waals surface area contributed by atoms with Crippen LogP contribution < -0.4 is 18.9 Å². The Morgan fingerprint density at radius 2 is 0.819 bits per heavy atom.